The number of hydrogen-bond donors (Lipinski definition) is 1. The van der Waals surface area contributed by atoms with E-state index in [2.05, 4.69) is 0 Å². The van der Waals surface area contributed by atoms with Crippen LogP contribution in [0.5, 0.6) is 0 Å². The number of carboxylic acid groups (broad SMARTS) is 1. The van der Waals surface area contributed by atoms with E-state index in [4.69, 9.17) is 0 Å². The highest BCUT2D eigenvalue weighted by Crippen LogP contribution is 2.37. The number of carbonyl (C=O) groups is 2. The number of halogens is 3. The molecule has 1 heterocycles. The molecule has 1 aromatic rings. The van der Waals surface area contributed by atoms with Crippen molar-refractivity contribution in [2.75, 3.05) is 13.1 Å². The fourth-order valence-corrected chi connectivity index (χ4v) is 3.03. The van der Waals surface area contributed by atoms with Gasteiger partial charge in [-0.1, -0.05) is 25.1 Å². The number of likely N-dealkylation sites (tertiary alicyclic amines) is 1. The van der Waals surface area contributed by atoms with Gasteiger partial charge in [0.25, 0.3) is 0 Å². The van der Waals surface area contributed by atoms with Crippen LogP contribution in [0.2, 0.25) is 0 Å². The van der Waals surface area contributed by atoms with Crippen molar-refractivity contribution in [1.29, 1.82) is 0 Å². The van der Waals surface area contributed by atoms with Gasteiger partial charge in [-0.3, -0.25) is 9.59 Å². The van der Waals surface area contributed by atoms with E-state index in [1.54, 1.807) is 13.8 Å². The van der Waals surface area contributed by atoms with Gasteiger partial charge in [0.05, 0.1) is 11.0 Å². The van der Waals surface area contributed by atoms with Gasteiger partial charge in [-0.2, -0.15) is 13.2 Å². The maximum absolute atomic E-state index is 13.1. The lowest BCUT2D eigenvalue weighted by atomic mass is 9.90. The van der Waals surface area contributed by atoms with Crippen LogP contribution in [0, 0.1) is 5.41 Å². The third-order valence-electron chi connectivity index (χ3n) is 4.62. The maximum Gasteiger partial charge on any atom is 0.416 e. The highest BCUT2D eigenvalue weighted by atomic mass is 19.4. The van der Waals surface area contributed by atoms with E-state index in [9.17, 15) is 27.9 Å². The zero-order chi connectivity index (χ0) is 18.1. The van der Waals surface area contributed by atoms with Crippen LogP contribution in [0.25, 0.3) is 0 Å². The van der Waals surface area contributed by atoms with Crippen molar-refractivity contribution in [2.24, 2.45) is 5.41 Å². The Balaban J connectivity index is 2.10. The van der Waals surface area contributed by atoms with Crippen molar-refractivity contribution < 1.29 is 27.9 Å². The molecule has 1 aromatic carbocycles. The number of hydrogen-bond acceptors (Lipinski definition) is 2. The number of nitrogens with zero attached hydrogens (tertiary/aromatic N) is 1. The van der Waals surface area contributed by atoms with Gasteiger partial charge in [0.2, 0.25) is 5.91 Å². The first-order chi connectivity index (χ1) is 11.0. The molecule has 1 aliphatic rings. The van der Waals surface area contributed by atoms with Gasteiger partial charge in [-0.05, 0) is 30.9 Å². The number of aliphatic carboxylic acids is 1. The van der Waals surface area contributed by atoms with Crippen LogP contribution in [0.1, 0.15) is 43.7 Å². The first-order valence-corrected chi connectivity index (χ1v) is 7.72. The Morgan fingerprint density at radius 3 is 2.50 bits per heavy atom. The molecular weight excluding hydrogens is 323 g/mol. The Kier molecular flexibility index (Phi) is 4.92. The van der Waals surface area contributed by atoms with Crippen LogP contribution in [-0.2, 0) is 15.8 Å². The summed E-state index contributed by atoms with van der Waals surface area (Å²) in [5.41, 5.74) is -1.64. The average molecular weight is 343 g/mol. The number of rotatable bonds is 4. The molecule has 1 fully saturated rings. The molecule has 132 valence electrons. The van der Waals surface area contributed by atoms with Crippen LogP contribution < -0.4 is 0 Å². The van der Waals surface area contributed by atoms with Crippen LogP contribution in [-0.4, -0.2) is 35.0 Å². The van der Waals surface area contributed by atoms with Gasteiger partial charge >= 0.3 is 12.1 Å². The van der Waals surface area contributed by atoms with Gasteiger partial charge in [-0.15, -0.1) is 0 Å². The number of amides is 1. The second-order valence-corrected chi connectivity index (χ2v) is 6.62. The summed E-state index contributed by atoms with van der Waals surface area (Å²) in [4.78, 5) is 25.0. The molecule has 0 unspecified atom stereocenters. The third-order valence-corrected chi connectivity index (χ3v) is 4.62. The molecule has 24 heavy (non-hydrogen) atoms. The second kappa shape index (κ2) is 6.45. The molecule has 0 saturated carbocycles. The predicted octanol–water partition coefficient (Wildman–Crippen LogP) is 3.52. The molecule has 1 N–H and O–H groups in total. The quantitative estimate of drug-likeness (QED) is 0.910. The van der Waals surface area contributed by atoms with Crippen LogP contribution in [0.4, 0.5) is 13.2 Å². The van der Waals surface area contributed by atoms with Gasteiger partial charge < -0.3 is 10.0 Å². The highest BCUT2D eigenvalue weighted by molar-refractivity contribution is 5.81. The summed E-state index contributed by atoms with van der Waals surface area (Å²) in [6, 6.07) is 5.22. The monoisotopic (exact) mass is 343 g/mol. The lowest BCUT2D eigenvalue weighted by molar-refractivity contribution is -0.147. The molecule has 7 heteroatoms. The molecule has 1 saturated heterocycles. The van der Waals surface area contributed by atoms with E-state index in [0.717, 1.165) is 6.07 Å². The van der Waals surface area contributed by atoms with Crippen molar-refractivity contribution in [3.05, 3.63) is 35.4 Å². The van der Waals surface area contributed by atoms with Crippen LogP contribution >= 0.6 is 0 Å². The Morgan fingerprint density at radius 2 is 1.96 bits per heavy atom. The maximum atomic E-state index is 13.1. The molecule has 2 rings (SSSR count). The van der Waals surface area contributed by atoms with E-state index in [-0.39, 0.29) is 24.4 Å². The van der Waals surface area contributed by atoms with E-state index in [1.807, 2.05) is 0 Å². The summed E-state index contributed by atoms with van der Waals surface area (Å²) in [6.07, 6.45) is -4.20. The first-order valence-electron chi connectivity index (χ1n) is 7.72. The molecule has 0 bridgehead atoms. The minimum absolute atomic E-state index is 0.0806. The zero-order valence-corrected chi connectivity index (χ0v) is 13.6. The van der Waals surface area contributed by atoms with Crippen molar-refractivity contribution in [1.82, 2.24) is 4.90 Å². The molecule has 4 nitrogen and oxygen atoms in total. The van der Waals surface area contributed by atoms with E-state index in [0.29, 0.717) is 13.0 Å². The first kappa shape index (κ1) is 18.3. The van der Waals surface area contributed by atoms with E-state index >= 15 is 0 Å². The summed E-state index contributed by atoms with van der Waals surface area (Å²) in [7, 11) is 0. The minimum Gasteiger partial charge on any atom is -0.481 e. The Hall–Kier alpha value is -2.05. The summed E-state index contributed by atoms with van der Waals surface area (Å²) in [5, 5.41) is 9.19. The molecule has 1 amide bonds. The Bertz CT molecular complexity index is 644. The molecule has 2 atom stereocenters. The van der Waals surface area contributed by atoms with E-state index in [1.165, 1.54) is 23.1 Å². The Morgan fingerprint density at radius 1 is 1.33 bits per heavy atom. The van der Waals surface area contributed by atoms with Crippen LogP contribution in [0.3, 0.4) is 0 Å². The van der Waals surface area contributed by atoms with Crippen molar-refractivity contribution in [2.45, 2.75) is 38.8 Å². The van der Waals surface area contributed by atoms with Crippen molar-refractivity contribution in [3.8, 4) is 0 Å². The minimum atomic E-state index is -4.47. The van der Waals surface area contributed by atoms with Gasteiger partial charge in [0, 0.05) is 19.5 Å². The third kappa shape index (κ3) is 3.71. The van der Waals surface area contributed by atoms with Crippen molar-refractivity contribution >= 4 is 11.9 Å². The molecular formula is C17H20F3NO3. The summed E-state index contributed by atoms with van der Waals surface area (Å²) in [6.45, 7) is 3.56. The summed E-state index contributed by atoms with van der Waals surface area (Å²) < 4.78 is 39.2. The average Bonchev–Trinajstić information content (AvgIpc) is 2.90. The number of alkyl halides is 3. The number of carboxylic acids is 1. The SMILES string of the molecule is C[C@@H](CC(=O)N1CC[C@](C)(C(=O)O)C1)c1ccccc1C(F)(F)F. The summed E-state index contributed by atoms with van der Waals surface area (Å²) in [5.74, 6) is -1.88. The highest BCUT2D eigenvalue weighted by Gasteiger charge is 2.42. The molecule has 0 radical (unpaired) electrons. The number of benzene rings is 1. The van der Waals surface area contributed by atoms with Crippen molar-refractivity contribution in [3.63, 3.8) is 0 Å². The molecule has 0 spiro atoms. The normalized spacial score (nSPS) is 22.5. The standard InChI is InChI=1S/C17H20F3NO3/c1-11(12-5-3-4-6-13(12)17(18,19)20)9-14(22)21-8-7-16(2,10-21)15(23)24/h3-6,11H,7-10H2,1-2H3,(H,23,24)/t11-,16-/m0/s1. The lowest BCUT2D eigenvalue weighted by Gasteiger charge is -2.23. The molecule has 0 aliphatic carbocycles. The number of carbonyl (C=O) groups excluding carboxylic acids is 1. The fraction of sp³-hybridized carbons (Fsp3) is 0.529. The lowest BCUT2D eigenvalue weighted by Crippen LogP contribution is -2.35. The topological polar surface area (TPSA) is 57.6 Å². The fourth-order valence-electron chi connectivity index (χ4n) is 3.03. The molecule has 0 aromatic heterocycles. The van der Waals surface area contributed by atoms with E-state index < -0.39 is 29.0 Å². The molecule has 1 aliphatic heterocycles. The summed E-state index contributed by atoms with van der Waals surface area (Å²) >= 11 is 0. The Labute approximate surface area is 138 Å². The van der Waals surface area contributed by atoms with Gasteiger partial charge in [0.1, 0.15) is 0 Å². The van der Waals surface area contributed by atoms with Gasteiger partial charge in [-0.25, -0.2) is 0 Å². The van der Waals surface area contributed by atoms with Crippen LogP contribution in [0.15, 0.2) is 24.3 Å². The zero-order valence-electron chi connectivity index (χ0n) is 13.6. The second-order valence-electron chi connectivity index (χ2n) is 6.62. The largest absolute Gasteiger partial charge is 0.481 e. The van der Waals surface area contributed by atoms with Gasteiger partial charge in [0.15, 0.2) is 0 Å². The smallest absolute Gasteiger partial charge is 0.416 e. The predicted molar refractivity (Wildman–Crippen MR) is 81.4 cm³/mol.